The summed E-state index contributed by atoms with van der Waals surface area (Å²) in [6.45, 7) is 2.48. The third kappa shape index (κ3) is 2.69. The smallest absolute Gasteiger partial charge is 0.332 e. The maximum absolute atomic E-state index is 13.1. The molecule has 0 bridgehead atoms. The van der Waals surface area contributed by atoms with Gasteiger partial charge in [-0.25, -0.2) is 4.79 Å². The first-order chi connectivity index (χ1) is 13.4. The average molecular weight is 381 g/mol. The van der Waals surface area contributed by atoms with Gasteiger partial charge >= 0.3 is 5.69 Å². The van der Waals surface area contributed by atoms with Gasteiger partial charge in [0.2, 0.25) is 0 Å². The summed E-state index contributed by atoms with van der Waals surface area (Å²) < 4.78 is 8.06. The van der Waals surface area contributed by atoms with Crippen LogP contribution in [0, 0.1) is 0 Å². The van der Waals surface area contributed by atoms with Gasteiger partial charge in [-0.1, -0.05) is 12.1 Å². The van der Waals surface area contributed by atoms with Crippen LogP contribution < -0.4 is 21.3 Å². The van der Waals surface area contributed by atoms with Gasteiger partial charge in [0, 0.05) is 37.7 Å². The van der Waals surface area contributed by atoms with Crippen molar-refractivity contribution in [2.45, 2.75) is 32.1 Å². The molecule has 1 aromatic heterocycles. The number of carbonyl (C=O) groups is 1. The van der Waals surface area contributed by atoms with Crippen molar-refractivity contribution in [1.82, 2.24) is 9.13 Å². The minimum atomic E-state index is -0.500. The Morgan fingerprint density at radius 2 is 1.79 bits per heavy atom. The monoisotopic (exact) mass is 381 g/mol. The van der Waals surface area contributed by atoms with Crippen LogP contribution in [0.5, 0.6) is 5.75 Å². The van der Waals surface area contributed by atoms with Crippen LogP contribution in [0.25, 0.3) is 0 Å². The number of rotatable bonds is 3. The molecule has 2 aliphatic rings. The van der Waals surface area contributed by atoms with E-state index in [4.69, 9.17) is 4.74 Å². The number of hydrogen-bond donors (Lipinski definition) is 1. The highest BCUT2D eigenvalue weighted by molar-refractivity contribution is 6.00. The molecule has 0 spiro atoms. The number of fused-ring (bicyclic) bond motifs is 1. The Kier molecular flexibility index (Phi) is 4.45. The van der Waals surface area contributed by atoms with E-state index in [1.165, 1.54) is 11.6 Å². The number of hydrogen-bond acceptors (Lipinski definition) is 5. The fourth-order valence-electron chi connectivity index (χ4n) is 4.15. The van der Waals surface area contributed by atoms with E-state index in [1.807, 2.05) is 31.2 Å². The zero-order chi connectivity index (χ0) is 20.0. The summed E-state index contributed by atoms with van der Waals surface area (Å²) in [5.41, 5.74) is 1.94. The Balaban J connectivity index is 1.99. The number of aromatic nitrogens is 2. The van der Waals surface area contributed by atoms with Gasteiger partial charge in [-0.05, 0) is 37.5 Å². The number of carbonyl (C=O) groups excluding carboxylic acids is 1. The summed E-state index contributed by atoms with van der Waals surface area (Å²) in [6, 6.07) is 7.48. The third-order valence-corrected chi connectivity index (χ3v) is 5.53. The number of allylic oxidation sites excluding steroid dienone is 2. The van der Waals surface area contributed by atoms with Gasteiger partial charge in [-0.15, -0.1) is 0 Å². The Hall–Kier alpha value is -3.09. The molecular weight excluding hydrogens is 358 g/mol. The summed E-state index contributed by atoms with van der Waals surface area (Å²) >= 11 is 0. The van der Waals surface area contributed by atoms with Gasteiger partial charge in [-0.3, -0.25) is 18.7 Å². The van der Waals surface area contributed by atoms with Crippen molar-refractivity contribution in [1.29, 1.82) is 0 Å². The first kappa shape index (κ1) is 18.3. The van der Waals surface area contributed by atoms with Gasteiger partial charge in [0.05, 0.1) is 12.2 Å². The molecule has 0 unspecified atom stereocenters. The van der Waals surface area contributed by atoms with Crippen LogP contribution in [0.15, 0.2) is 45.1 Å². The van der Waals surface area contributed by atoms with Crippen LogP contribution in [-0.2, 0) is 18.9 Å². The van der Waals surface area contributed by atoms with E-state index in [2.05, 4.69) is 5.32 Å². The molecule has 0 amide bonds. The number of ketones is 1. The van der Waals surface area contributed by atoms with E-state index >= 15 is 0 Å². The Bertz CT molecular complexity index is 1110. The molecule has 0 fully saturated rings. The maximum atomic E-state index is 13.1. The largest absolute Gasteiger partial charge is 0.494 e. The molecule has 1 N–H and O–H groups in total. The van der Waals surface area contributed by atoms with E-state index in [0.29, 0.717) is 30.0 Å². The van der Waals surface area contributed by atoms with Gasteiger partial charge in [0.25, 0.3) is 5.56 Å². The number of ether oxygens (including phenoxy) is 1. The average Bonchev–Trinajstić information content (AvgIpc) is 2.70. The zero-order valence-corrected chi connectivity index (χ0v) is 16.2. The first-order valence-corrected chi connectivity index (χ1v) is 9.50. The molecule has 7 heteroatoms. The topological polar surface area (TPSA) is 82.3 Å². The molecule has 2 heterocycles. The molecule has 1 aliphatic heterocycles. The molecular formula is C21H23N3O4. The highest BCUT2D eigenvalue weighted by Crippen LogP contribution is 2.43. The van der Waals surface area contributed by atoms with Gasteiger partial charge in [0.1, 0.15) is 11.6 Å². The van der Waals surface area contributed by atoms with E-state index in [-0.39, 0.29) is 11.3 Å². The van der Waals surface area contributed by atoms with E-state index in [9.17, 15) is 14.4 Å². The van der Waals surface area contributed by atoms with Crippen molar-refractivity contribution >= 4 is 11.6 Å². The van der Waals surface area contributed by atoms with Crippen LogP contribution in [0.4, 0.5) is 5.82 Å². The molecule has 0 radical (unpaired) electrons. The van der Waals surface area contributed by atoms with E-state index in [0.717, 1.165) is 34.4 Å². The molecule has 7 nitrogen and oxygen atoms in total. The lowest BCUT2D eigenvalue weighted by atomic mass is 9.76. The highest BCUT2D eigenvalue weighted by Gasteiger charge is 2.38. The SMILES string of the molecule is CCOc1ccc([C@H]2C3=C(CCCC3=O)Nc3c2c(=O)n(C)c(=O)n3C)cc1. The minimum absolute atomic E-state index is 0.0502. The van der Waals surface area contributed by atoms with Gasteiger partial charge in [-0.2, -0.15) is 0 Å². The third-order valence-electron chi connectivity index (χ3n) is 5.53. The predicted molar refractivity (Wildman–Crippen MR) is 106 cm³/mol. The lowest BCUT2D eigenvalue weighted by Crippen LogP contribution is -2.44. The highest BCUT2D eigenvalue weighted by atomic mass is 16.5. The lowest BCUT2D eigenvalue weighted by molar-refractivity contribution is -0.116. The lowest BCUT2D eigenvalue weighted by Gasteiger charge is -2.34. The van der Waals surface area contributed by atoms with Crippen molar-refractivity contribution in [3.05, 3.63) is 67.5 Å². The van der Waals surface area contributed by atoms with Crippen molar-refractivity contribution in [2.24, 2.45) is 14.1 Å². The van der Waals surface area contributed by atoms with E-state index in [1.54, 1.807) is 7.05 Å². The molecule has 2 aromatic rings. The second-order valence-electron chi connectivity index (χ2n) is 7.20. The Labute approximate surface area is 162 Å². The summed E-state index contributed by atoms with van der Waals surface area (Å²) in [4.78, 5) is 38.3. The van der Waals surface area contributed by atoms with Gasteiger partial charge in [0.15, 0.2) is 5.78 Å². The zero-order valence-electron chi connectivity index (χ0n) is 16.2. The summed E-state index contributed by atoms with van der Waals surface area (Å²) in [5, 5.41) is 3.22. The first-order valence-electron chi connectivity index (χ1n) is 9.50. The molecule has 0 saturated carbocycles. The quantitative estimate of drug-likeness (QED) is 0.880. The standard InChI is InChI=1S/C21H23N3O4/c1-4-28-13-10-8-12(9-11-13)16-17-14(6-5-7-15(17)25)22-19-18(16)20(26)24(3)21(27)23(19)2/h8-11,16,22H,4-7H2,1-3H3/t16-/m0/s1. The second kappa shape index (κ2) is 6.82. The minimum Gasteiger partial charge on any atom is -0.494 e. The second-order valence-corrected chi connectivity index (χ2v) is 7.20. The number of nitrogens with zero attached hydrogens (tertiary/aromatic N) is 2. The molecule has 1 atom stereocenters. The Morgan fingerprint density at radius 1 is 1.07 bits per heavy atom. The molecule has 28 heavy (non-hydrogen) atoms. The van der Waals surface area contributed by atoms with Crippen molar-refractivity contribution in [2.75, 3.05) is 11.9 Å². The molecule has 1 aliphatic carbocycles. The molecule has 146 valence electrons. The number of Topliss-reactive ketones (excluding diaryl/α,β-unsaturated/α-hetero) is 1. The number of benzene rings is 1. The fourth-order valence-corrected chi connectivity index (χ4v) is 4.15. The van der Waals surface area contributed by atoms with Crippen molar-refractivity contribution in [3.8, 4) is 5.75 Å². The van der Waals surface area contributed by atoms with Gasteiger partial charge < -0.3 is 10.1 Å². The molecule has 4 rings (SSSR count). The van der Waals surface area contributed by atoms with Crippen molar-refractivity contribution < 1.29 is 9.53 Å². The number of nitrogens with one attached hydrogen (secondary N) is 1. The van der Waals surface area contributed by atoms with Crippen LogP contribution >= 0.6 is 0 Å². The van der Waals surface area contributed by atoms with Crippen LogP contribution in [0.1, 0.15) is 43.2 Å². The van der Waals surface area contributed by atoms with Crippen LogP contribution in [-0.4, -0.2) is 21.5 Å². The summed E-state index contributed by atoms with van der Waals surface area (Å²) in [6.07, 6.45) is 1.95. The number of anilines is 1. The fraction of sp³-hybridized carbons (Fsp3) is 0.381. The molecule has 1 aromatic carbocycles. The predicted octanol–water partition coefficient (Wildman–Crippen LogP) is 2.05. The Morgan fingerprint density at radius 3 is 2.46 bits per heavy atom. The van der Waals surface area contributed by atoms with Crippen LogP contribution in [0.2, 0.25) is 0 Å². The van der Waals surface area contributed by atoms with Crippen LogP contribution in [0.3, 0.4) is 0 Å². The summed E-state index contributed by atoms with van der Waals surface area (Å²) in [5.74, 6) is 0.757. The maximum Gasteiger partial charge on any atom is 0.332 e. The van der Waals surface area contributed by atoms with E-state index < -0.39 is 11.6 Å². The van der Waals surface area contributed by atoms with Crippen molar-refractivity contribution in [3.63, 3.8) is 0 Å². The molecule has 0 saturated heterocycles. The normalized spacial score (nSPS) is 18.4. The summed E-state index contributed by atoms with van der Waals surface area (Å²) in [7, 11) is 3.10.